The Morgan fingerprint density at radius 3 is 0.699 bits per heavy atom. The van der Waals surface area contributed by atoms with Crippen molar-refractivity contribution in [3.8, 4) is 0 Å². The SMILES string of the molecule is C.C.C.C/C=C/CCCCC.C/C=C/CCCCC.C=CC=C.C=CC=C.C=C[CH-]CCCCC.C=C[CH-]CCCCC.CCC/C=C/CCCCC.[CH2-]CCC.[CH2-]CCC.[CH2-]CCC.[H-].[H-].[Li+].[Li+].[Li+].[Li+].[Li+].[Li+].[Li+].[Li-]. The predicted octanol–water partition coefficient (Wildman–Crippen LogP) is 4.48. The van der Waals surface area contributed by atoms with Crippen LogP contribution in [0.3, 0.4) is 0 Å². The van der Waals surface area contributed by atoms with E-state index in [-0.39, 0.29) is 176 Å². The van der Waals surface area contributed by atoms with Crippen LogP contribution in [0.2, 0.25) is 0 Å². The van der Waals surface area contributed by atoms with Crippen LogP contribution < -0.4 is 132 Å². The first kappa shape index (κ1) is 141. The van der Waals surface area contributed by atoms with Gasteiger partial charge in [-0.2, -0.15) is 19.3 Å². The normalized spacial score (nSPS) is 7.53. The quantitative estimate of drug-likeness (QED) is 0.0342. The number of hydrogen-bond donors (Lipinski definition) is 0. The van der Waals surface area contributed by atoms with E-state index >= 15 is 0 Å². The second-order valence-corrected chi connectivity index (χ2v) is 14.3. The third-order valence-electron chi connectivity index (χ3n) is 7.69. The van der Waals surface area contributed by atoms with Crippen LogP contribution in [0.15, 0.2) is 112 Å². The van der Waals surface area contributed by atoms with Crippen molar-refractivity contribution in [2.45, 2.75) is 278 Å². The first-order valence-electron chi connectivity index (χ1n) is 25.8. The largest absolute Gasteiger partial charge is 1.00 e. The van der Waals surface area contributed by atoms with Crippen molar-refractivity contribution in [2.75, 3.05) is 0 Å². The zero-order chi connectivity index (χ0) is 49.7. The summed E-state index contributed by atoms with van der Waals surface area (Å²) in [6.07, 6.45) is 63.7. The second kappa shape index (κ2) is 204. The maximum Gasteiger partial charge on any atom is 1.00 e. The second-order valence-electron chi connectivity index (χ2n) is 14.3. The topological polar surface area (TPSA) is 0 Å². The Morgan fingerprint density at radius 2 is 0.534 bits per heavy atom. The van der Waals surface area contributed by atoms with Gasteiger partial charge in [0.2, 0.25) is 0 Å². The Labute approximate surface area is 571 Å². The molecule has 0 fully saturated rings. The van der Waals surface area contributed by atoms with E-state index in [1.54, 1.807) is 24.3 Å². The molecule has 0 aromatic rings. The van der Waals surface area contributed by atoms with Crippen molar-refractivity contribution >= 4 is 18.9 Å². The van der Waals surface area contributed by atoms with Gasteiger partial charge in [0, 0.05) is 0 Å². The first-order chi connectivity index (χ1) is 30.1. The Kier molecular flexibility index (Phi) is 393. The van der Waals surface area contributed by atoms with Gasteiger partial charge >= 0.3 is 132 Å². The third-order valence-corrected chi connectivity index (χ3v) is 7.69. The number of hydrogen-bond acceptors (Lipinski definition) is 0. The van der Waals surface area contributed by atoms with Crippen LogP contribution >= 0.6 is 0 Å². The summed E-state index contributed by atoms with van der Waals surface area (Å²) in [6.45, 7) is 55.3. The van der Waals surface area contributed by atoms with Crippen molar-refractivity contribution in [1.82, 2.24) is 0 Å². The van der Waals surface area contributed by atoms with Crippen molar-refractivity contribution in [1.29, 1.82) is 0 Å². The zero-order valence-electron chi connectivity index (χ0n) is 55.2. The molecule has 0 atom stereocenters. The van der Waals surface area contributed by atoms with E-state index in [1.165, 1.54) is 161 Å². The molecule has 0 aliphatic heterocycles. The summed E-state index contributed by atoms with van der Waals surface area (Å²) < 4.78 is 0. The van der Waals surface area contributed by atoms with Gasteiger partial charge in [-0.25, -0.2) is 38.2 Å². The molecule has 0 aromatic heterocycles. The summed E-state index contributed by atoms with van der Waals surface area (Å²) in [4.78, 5) is 0. The molecule has 0 saturated carbocycles. The summed E-state index contributed by atoms with van der Waals surface area (Å²) in [5, 5.41) is 0. The summed E-state index contributed by atoms with van der Waals surface area (Å²) in [5.74, 6) is 0. The zero-order valence-corrected chi connectivity index (χ0v) is 53.2. The average Bonchev–Trinajstić information content (AvgIpc) is 3.32. The molecule has 0 heterocycles. The molecular weight excluding hydrogens is 836 g/mol. The van der Waals surface area contributed by atoms with Crippen LogP contribution in [-0.4, -0.2) is 18.9 Å². The molecule has 0 nitrogen and oxygen atoms in total. The number of unbranched alkanes of at least 4 members (excludes halogenated alkanes) is 21. The Balaban J connectivity index is -0.0000000190. The van der Waals surface area contributed by atoms with Gasteiger partial charge in [0.25, 0.3) is 0 Å². The van der Waals surface area contributed by atoms with Crippen LogP contribution in [0.25, 0.3) is 0 Å². The standard InChI is InChI=1S/C10H20.2C8H16.2C8H15.3C4H9.2C4H6.3CH4.8Li.2H/c1-3-5-7-9-10-8-6-4-2;4*1-3-5-7-8-6-4-2;5*1-3-4-2;;;;;;;;;;;;;/h7,9H,3-6,8,10H2,1-2H3;2*3,5H,4,6-8H2,1-2H3;2*3,5H,1,4,6-8H2,2H3;3*1,3-4H2,2H3;2*3-4H,1-2H2;3*1H4;;;;;;;;;;/q;;;5*-1;;;;;;-1;7*+1;2*-1/b9-7+;2*5-3+;;;;;;;;;;;;;;;;;;;;. The summed E-state index contributed by atoms with van der Waals surface area (Å²) in [6, 6.07) is 0. The average molecular weight is 972 g/mol. The summed E-state index contributed by atoms with van der Waals surface area (Å²) in [7, 11) is 0. The maximum absolute atomic E-state index is 3.60. The van der Waals surface area contributed by atoms with Gasteiger partial charge in [-0.15, -0.1) is 12.8 Å². The number of rotatable bonds is 29. The molecule has 0 amide bonds. The van der Waals surface area contributed by atoms with Crippen molar-refractivity contribution in [3.63, 3.8) is 0 Å². The minimum Gasteiger partial charge on any atom is -1.00 e. The fourth-order valence-electron chi connectivity index (χ4n) is 3.53. The van der Waals surface area contributed by atoms with Gasteiger partial charge in [0.15, 0.2) is 0 Å². The van der Waals surface area contributed by atoms with E-state index in [1.807, 2.05) is 12.2 Å². The molecule has 0 aliphatic rings. The van der Waals surface area contributed by atoms with Crippen LogP contribution in [-0.2, 0) is 0 Å². The van der Waals surface area contributed by atoms with Gasteiger partial charge in [-0.3, -0.25) is 0 Å². The molecule has 404 valence electrons. The van der Waals surface area contributed by atoms with Crippen LogP contribution in [0.5, 0.6) is 0 Å². The minimum atomic E-state index is 0. The summed E-state index contributed by atoms with van der Waals surface area (Å²) >= 11 is 0. The van der Waals surface area contributed by atoms with Crippen molar-refractivity contribution in [3.05, 3.63) is 146 Å². The Hall–Kier alpha value is 2.18. The molecule has 2 radical (unpaired) electrons. The Bertz CT molecular complexity index is 705. The third kappa shape index (κ3) is 331. The van der Waals surface area contributed by atoms with Gasteiger partial charge in [0.1, 0.15) is 0 Å². The molecule has 0 N–H and O–H groups in total. The maximum atomic E-state index is 3.60. The summed E-state index contributed by atoms with van der Waals surface area (Å²) in [5.41, 5.74) is 0. The van der Waals surface area contributed by atoms with Gasteiger partial charge in [-0.05, 0) is 58.8 Å². The van der Waals surface area contributed by atoms with E-state index < -0.39 is 0 Å². The van der Waals surface area contributed by atoms with Gasteiger partial charge in [0.05, 0.1) is 0 Å². The first-order valence-corrected chi connectivity index (χ1v) is 25.8. The fraction of sp³-hybridized carbons (Fsp3) is 0.646. The van der Waals surface area contributed by atoms with E-state index in [9.17, 15) is 0 Å². The molecular formula is C65H135Li8-. The molecule has 0 bridgehead atoms. The smallest absolute Gasteiger partial charge is 1.00 e. The van der Waals surface area contributed by atoms with Crippen LogP contribution in [0.4, 0.5) is 0 Å². The van der Waals surface area contributed by atoms with E-state index in [4.69, 9.17) is 0 Å². The fourth-order valence-corrected chi connectivity index (χ4v) is 3.53. The molecule has 0 unspecified atom stereocenters. The molecule has 8 heteroatoms. The van der Waals surface area contributed by atoms with Crippen molar-refractivity contribution < 1.29 is 135 Å². The molecule has 0 spiro atoms. The van der Waals surface area contributed by atoms with Crippen molar-refractivity contribution in [2.24, 2.45) is 0 Å². The molecule has 0 aromatic carbocycles. The van der Waals surface area contributed by atoms with E-state index in [0.717, 1.165) is 19.3 Å². The predicted molar refractivity (Wildman–Crippen MR) is 333 cm³/mol. The monoisotopic (exact) mass is 972 g/mol. The van der Waals surface area contributed by atoms with E-state index in [0.29, 0.717) is 0 Å². The Morgan fingerprint density at radius 1 is 0.329 bits per heavy atom. The van der Waals surface area contributed by atoms with Crippen LogP contribution in [0.1, 0.15) is 281 Å². The van der Waals surface area contributed by atoms with E-state index in [2.05, 4.69) is 186 Å². The molecule has 0 rings (SSSR count). The molecule has 0 saturated heterocycles. The van der Waals surface area contributed by atoms with Gasteiger partial charge < -0.3 is 42.5 Å². The van der Waals surface area contributed by atoms with Gasteiger partial charge in [-0.1, -0.05) is 274 Å². The number of allylic oxidation sites excluding steroid dienone is 12. The molecule has 0 aliphatic carbocycles. The van der Waals surface area contributed by atoms with Crippen LogP contribution in [0, 0.1) is 33.6 Å². The minimum absolute atomic E-state index is 0. The molecule has 73 heavy (non-hydrogen) atoms.